The minimum atomic E-state index is -0.0593. The van der Waals surface area contributed by atoms with Gasteiger partial charge in [-0.2, -0.15) is 0 Å². The van der Waals surface area contributed by atoms with Crippen LogP contribution in [-0.4, -0.2) is 17.4 Å². The minimum absolute atomic E-state index is 0. The van der Waals surface area contributed by atoms with Gasteiger partial charge in [0, 0.05) is 16.8 Å². The summed E-state index contributed by atoms with van der Waals surface area (Å²) in [5, 5.41) is 10.4. The summed E-state index contributed by atoms with van der Waals surface area (Å²) >= 11 is 3.12. The van der Waals surface area contributed by atoms with Crippen molar-refractivity contribution in [2.45, 2.75) is 13.5 Å². The molecule has 4 nitrogen and oxygen atoms in total. The molecule has 2 rings (SSSR count). The monoisotopic (exact) mass is 303 g/mol. The number of aryl methyl sites for hydroxylation is 1. The smallest absolute Gasteiger partial charge is 0.240 e. The third-order valence-electron chi connectivity index (χ3n) is 2.03. The van der Waals surface area contributed by atoms with Crippen molar-refractivity contribution >= 4 is 46.1 Å². The number of thiazole rings is 1. The molecule has 0 aliphatic heterocycles. The first kappa shape index (κ1) is 15.1. The maximum Gasteiger partial charge on any atom is 0.240 e. The average molecular weight is 304 g/mol. The molecule has 0 bridgehead atoms. The Hall–Kier alpha value is -0.950. The average Bonchev–Trinajstić information content (AvgIpc) is 2.90. The van der Waals surface area contributed by atoms with Gasteiger partial charge in [0.2, 0.25) is 5.91 Å². The molecular weight excluding hydrogens is 290 g/mol. The second-order valence-corrected chi connectivity index (χ2v) is 5.42. The molecule has 1 amide bonds. The lowest BCUT2D eigenvalue weighted by molar-refractivity contribution is -0.115. The number of hydrogen-bond acceptors (Lipinski definition) is 5. The number of nitrogens with one attached hydrogen (secondary N) is 2. The molecule has 0 spiro atoms. The van der Waals surface area contributed by atoms with Gasteiger partial charge in [0.05, 0.1) is 12.2 Å². The van der Waals surface area contributed by atoms with E-state index < -0.39 is 0 Å². The van der Waals surface area contributed by atoms with Crippen LogP contribution < -0.4 is 10.6 Å². The van der Waals surface area contributed by atoms with Crippen molar-refractivity contribution in [3.63, 3.8) is 0 Å². The molecule has 0 aliphatic rings. The quantitative estimate of drug-likeness (QED) is 0.893. The summed E-state index contributed by atoms with van der Waals surface area (Å²) in [6.45, 7) is 2.93. The predicted octanol–water partition coefficient (Wildman–Crippen LogP) is 2.66. The van der Waals surface area contributed by atoms with E-state index in [1.807, 2.05) is 29.8 Å². The van der Waals surface area contributed by atoms with E-state index in [9.17, 15) is 4.79 Å². The molecule has 0 radical (unpaired) electrons. The zero-order chi connectivity index (χ0) is 12.1. The molecule has 18 heavy (non-hydrogen) atoms. The van der Waals surface area contributed by atoms with E-state index >= 15 is 0 Å². The van der Waals surface area contributed by atoms with Crippen molar-refractivity contribution in [3.05, 3.63) is 33.5 Å². The number of thiophene rings is 1. The molecule has 2 aromatic heterocycles. The number of rotatable bonds is 5. The molecule has 2 heterocycles. The van der Waals surface area contributed by atoms with Crippen molar-refractivity contribution < 1.29 is 4.79 Å². The van der Waals surface area contributed by atoms with Crippen molar-refractivity contribution in [3.8, 4) is 0 Å². The first-order valence-electron chi connectivity index (χ1n) is 5.19. The van der Waals surface area contributed by atoms with Crippen LogP contribution in [0.25, 0.3) is 0 Å². The maximum absolute atomic E-state index is 11.5. The molecule has 2 N–H and O–H groups in total. The number of nitrogens with zero attached hydrogens (tertiary/aromatic N) is 1. The fourth-order valence-corrected chi connectivity index (χ4v) is 2.67. The Kier molecular flexibility index (Phi) is 6.28. The largest absolute Gasteiger partial charge is 0.303 e. The fourth-order valence-electron chi connectivity index (χ4n) is 1.29. The van der Waals surface area contributed by atoms with Gasteiger partial charge in [-0.3, -0.25) is 4.79 Å². The van der Waals surface area contributed by atoms with Gasteiger partial charge < -0.3 is 10.6 Å². The second kappa shape index (κ2) is 7.48. The number of aromatic nitrogens is 1. The van der Waals surface area contributed by atoms with Crippen LogP contribution in [0, 0.1) is 6.92 Å². The summed E-state index contributed by atoms with van der Waals surface area (Å²) in [7, 11) is 0. The van der Waals surface area contributed by atoms with Crippen LogP contribution in [0.15, 0.2) is 22.9 Å². The van der Waals surface area contributed by atoms with E-state index in [-0.39, 0.29) is 18.3 Å². The minimum Gasteiger partial charge on any atom is -0.303 e. The topological polar surface area (TPSA) is 54.0 Å². The van der Waals surface area contributed by atoms with Gasteiger partial charge in [0.1, 0.15) is 0 Å². The molecule has 0 saturated carbocycles. The molecule has 98 valence electrons. The molecule has 0 aliphatic carbocycles. The van der Waals surface area contributed by atoms with Gasteiger partial charge in [0.25, 0.3) is 0 Å². The molecule has 0 saturated heterocycles. The zero-order valence-corrected chi connectivity index (χ0v) is 12.3. The lowest BCUT2D eigenvalue weighted by Gasteiger charge is -2.02. The van der Waals surface area contributed by atoms with Crippen LogP contribution in [0.4, 0.5) is 5.13 Å². The number of carbonyl (C=O) groups excluding carboxylic acids is 1. The van der Waals surface area contributed by atoms with Gasteiger partial charge in [-0.05, 0) is 18.4 Å². The number of hydrogen-bond donors (Lipinski definition) is 2. The molecule has 0 aromatic carbocycles. The number of anilines is 1. The van der Waals surface area contributed by atoms with Crippen molar-refractivity contribution in [1.29, 1.82) is 0 Å². The summed E-state index contributed by atoms with van der Waals surface area (Å²) in [5.74, 6) is -0.0593. The third kappa shape index (κ3) is 4.73. The zero-order valence-electron chi connectivity index (χ0n) is 9.80. The Morgan fingerprint density at radius 2 is 2.28 bits per heavy atom. The Morgan fingerprint density at radius 1 is 1.44 bits per heavy atom. The van der Waals surface area contributed by atoms with Gasteiger partial charge in [-0.15, -0.1) is 35.1 Å². The maximum atomic E-state index is 11.5. The Morgan fingerprint density at radius 3 is 2.89 bits per heavy atom. The highest BCUT2D eigenvalue weighted by Gasteiger charge is 2.04. The number of amides is 1. The van der Waals surface area contributed by atoms with Crippen molar-refractivity contribution in [2.75, 3.05) is 11.9 Å². The molecule has 0 unspecified atom stereocenters. The van der Waals surface area contributed by atoms with Gasteiger partial charge in [-0.1, -0.05) is 6.07 Å². The Labute approximate surface area is 120 Å². The summed E-state index contributed by atoms with van der Waals surface area (Å²) in [6, 6.07) is 4.04. The number of halogens is 1. The molecule has 0 atom stereocenters. The fraction of sp³-hybridized carbons (Fsp3) is 0.273. The standard InChI is InChI=1S/C11H13N3OS2.ClH/c1-8-7-17-11(13-8)14-10(15)6-12-5-9-3-2-4-16-9;/h2-4,7,12H,5-6H2,1H3,(H,13,14,15);1H. The van der Waals surface area contributed by atoms with Crippen molar-refractivity contribution in [1.82, 2.24) is 10.3 Å². The van der Waals surface area contributed by atoms with Gasteiger partial charge >= 0.3 is 0 Å². The van der Waals surface area contributed by atoms with Crippen LogP contribution in [0.1, 0.15) is 10.6 Å². The van der Waals surface area contributed by atoms with Crippen molar-refractivity contribution in [2.24, 2.45) is 0 Å². The van der Waals surface area contributed by atoms with Crippen LogP contribution in [0.3, 0.4) is 0 Å². The lowest BCUT2D eigenvalue weighted by Crippen LogP contribution is -2.27. The Balaban J connectivity index is 0.00000162. The Bertz CT molecular complexity index is 484. The number of carbonyl (C=O) groups is 1. The highest BCUT2D eigenvalue weighted by molar-refractivity contribution is 7.13. The summed E-state index contributed by atoms with van der Waals surface area (Å²) < 4.78 is 0. The van der Waals surface area contributed by atoms with E-state index in [1.165, 1.54) is 16.2 Å². The van der Waals surface area contributed by atoms with Gasteiger partial charge in [0.15, 0.2) is 5.13 Å². The molecular formula is C11H14ClN3OS2. The lowest BCUT2D eigenvalue weighted by atomic mass is 10.4. The first-order chi connectivity index (χ1) is 8.24. The van der Waals surface area contributed by atoms with E-state index in [2.05, 4.69) is 15.6 Å². The third-order valence-corrected chi connectivity index (χ3v) is 3.78. The van der Waals surface area contributed by atoms with E-state index in [0.717, 1.165) is 12.2 Å². The van der Waals surface area contributed by atoms with Crippen LogP contribution in [-0.2, 0) is 11.3 Å². The molecule has 0 fully saturated rings. The van der Waals surface area contributed by atoms with E-state index in [1.54, 1.807) is 11.3 Å². The molecule has 2 aromatic rings. The highest BCUT2D eigenvalue weighted by Crippen LogP contribution is 2.13. The predicted molar refractivity (Wildman–Crippen MR) is 78.8 cm³/mol. The van der Waals surface area contributed by atoms with Crippen LogP contribution >= 0.6 is 35.1 Å². The van der Waals surface area contributed by atoms with E-state index in [4.69, 9.17) is 0 Å². The summed E-state index contributed by atoms with van der Waals surface area (Å²) in [4.78, 5) is 16.9. The normalized spacial score (nSPS) is 9.83. The van der Waals surface area contributed by atoms with Crippen LogP contribution in [0.5, 0.6) is 0 Å². The first-order valence-corrected chi connectivity index (χ1v) is 6.95. The second-order valence-electron chi connectivity index (χ2n) is 3.53. The summed E-state index contributed by atoms with van der Waals surface area (Å²) in [6.07, 6.45) is 0. The molecule has 7 heteroatoms. The highest BCUT2D eigenvalue weighted by atomic mass is 35.5. The van der Waals surface area contributed by atoms with E-state index in [0.29, 0.717) is 11.7 Å². The summed E-state index contributed by atoms with van der Waals surface area (Å²) in [5.41, 5.74) is 0.928. The SMILES string of the molecule is Cc1csc(NC(=O)CNCc2cccs2)n1.Cl. The van der Waals surface area contributed by atoms with Crippen LogP contribution in [0.2, 0.25) is 0 Å². The van der Waals surface area contributed by atoms with Gasteiger partial charge in [-0.25, -0.2) is 4.98 Å².